The van der Waals surface area contributed by atoms with Crippen molar-refractivity contribution in [1.82, 2.24) is 60.5 Å². The van der Waals surface area contributed by atoms with Crippen LogP contribution in [0.4, 0.5) is 0 Å². The van der Waals surface area contributed by atoms with Gasteiger partial charge in [-0.25, -0.2) is 24.9 Å². The molecule has 0 atom stereocenters. The fourth-order valence-electron chi connectivity index (χ4n) is 3.64. The zero-order valence-electron chi connectivity index (χ0n) is 36.2. The number of aromatic amines is 4. The van der Waals surface area contributed by atoms with Crippen molar-refractivity contribution < 1.29 is 8.83 Å². The van der Waals surface area contributed by atoms with Crippen LogP contribution in [0.3, 0.4) is 0 Å². The quantitative estimate of drug-likeness (QED) is 0.116. The minimum atomic E-state index is 0.0451. The van der Waals surface area contributed by atoms with Crippen LogP contribution in [0.25, 0.3) is 0 Å². The maximum Gasteiger partial charge on any atom is 0.199 e. The van der Waals surface area contributed by atoms with Gasteiger partial charge in [-0.1, -0.05) is 125 Å². The Morgan fingerprint density at radius 3 is 1.26 bits per heavy atom. The first-order chi connectivity index (χ1) is 24.6. The van der Waals surface area contributed by atoms with E-state index in [1.165, 1.54) is 24.1 Å². The Labute approximate surface area is 323 Å². The molecular formula is C40H68N12O2. The van der Waals surface area contributed by atoms with Gasteiger partial charge in [-0.2, -0.15) is 20.5 Å². The van der Waals surface area contributed by atoms with Crippen molar-refractivity contribution in [3.63, 3.8) is 0 Å². The lowest BCUT2D eigenvalue weighted by Crippen LogP contribution is -2.13. The summed E-state index contributed by atoms with van der Waals surface area (Å²) in [6.07, 6.45) is 16.9. The maximum atomic E-state index is 5.09. The highest BCUT2D eigenvalue weighted by molar-refractivity contribution is 5.08. The standard InChI is InChI=1S/2C7H12N2.2C7H11NO.2C6H11N3/c3*1-7(2,3)6-4-8-5-9-6;1-7(2,3)6-8-4-5-9-6;1-6(2,3)5-7-4-8-9-5;1-6(2,3)5-4-7-9-8-5/h2*4-5H,1-3H3,(H,8,9);2*4-5H,1-3H3;2*4H,1-3H3,(H,7,8,9). The van der Waals surface area contributed by atoms with Crippen molar-refractivity contribution in [3.8, 4) is 0 Å². The molecule has 54 heavy (non-hydrogen) atoms. The lowest BCUT2D eigenvalue weighted by atomic mass is 9.93. The minimum absolute atomic E-state index is 0.0451. The molecule has 14 nitrogen and oxygen atoms in total. The van der Waals surface area contributed by atoms with Gasteiger partial charge in [0.15, 0.2) is 12.3 Å². The van der Waals surface area contributed by atoms with E-state index in [9.17, 15) is 0 Å². The van der Waals surface area contributed by atoms with Crippen LogP contribution in [0.5, 0.6) is 0 Å². The number of aromatic nitrogens is 12. The van der Waals surface area contributed by atoms with Crippen molar-refractivity contribution in [3.05, 3.63) is 97.2 Å². The molecule has 6 rings (SSSR count). The van der Waals surface area contributed by atoms with Crippen LogP contribution >= 0.6 is 0 Å². The Hall–Kier alpha value is -4.88. The molecule has 0 aliphatic heterocycles. The number of rotatable bonds is 0. The maximum absolute atomic E-state index is 5.09. The first kappa shape index (κ1) is 47.1. The van der Waals surface area contributed by atoms with Crippen LogP contribution in [0.2, 0.25) is 0 Å². The summed E-state index contributed by atoms with van der Waals surface area (Å²) in [6, 6.07) is 0. The normalized spacial score (nSPS) is 11.9. The molecule has 0 spiro atoms. The Morgan fingerprint density at radius 2 is 1.07 bits per heavy atom. The first-order valence-corrected chi connectivity index (χ1v) is 18.1. The largest absolute Gasteiger partial charge is 0.448 e. The molecule has 0 radical (unpaired) electrons. The van der Waals surface area contributed by atoms with Crippen molar-refractivity contribution in [1.29, 1.82) is 0 Å². The van der Waals surface area contributed by atoms with Crippen molar-refractivity contribution in [2.24, 2.45) is 0 Å². The topological polar surface area (TPSA) is 193 Å². The number of hydrogen-bond acceptors (Lipinski definition) is 10. The molecule has 4 N–H and O–H groups in total. The Balaban J connectivity index is 0.000000324. The summed E-state index contributed by atoms with van der Waals surface area (Å²) in [5.41, 5.74) is 4.13. The number of nitrogens with zero attached hydrogens (tertiary/aromatic N) is 8. The van der Waals surface area contributed by atoms with Gasteiger partial charge in [-0.05, 0) is 0 Å². The molecule has 0 aliphatic carbocycles. The Morgan fingerprint density at radius 1 is 0.519 bits per heavy atom. The average molecular weight is 749 g/mol. The molecule has 6 aromatic heterocycles. The van der Waals surface area contributed by atoms with Gasteiger partial charge >= 0.3 is 0 Å². The van der Waals surface area contributed by atoms with E-state index in [-0.39, 0.29) is 32.5 Å². The molecule has 0 saturated carbocycles. The molecule has 0 amide bonds. The minimum Gasteiger partial charge on any atom is -0.448 e. The van der Waals surface area contributed by atoms with Crippen LogP contribution in [-0.2, 0) is 32.5 Å². The van der Waals surface area contributed by atoms with E-state index in [4.69, 9.17) is 8.83 Å². The summed E-state index contributed by atoms with van der Waals surface area (Å²) in [6.45, 7) is 38.0. The van der Waals surface area contributed by atoms with Crippen LogP contribution in [-0.4, -0.2) is 60.5 Å². The van der Waals surface area contributed by atoms with Gasteiger partial charge in [0.25, 0.3) is 0 Å². The van der Waals surface area contributed by atoms with E-state index in [2.05, 4.69) is 185 Å². The molecule has 0 fully saturated rings. The number of oxazole rings is 2. The van der Waals surface area contributed by atoms with Crippen LogP contribution in [0, 0.1) is 0 Å². The van der Waals surface area contributed by atoms with Crippen molar-refractivity contribution >= 4 is 0 Å². The third-order valence-electron chi connectivity index (χ3n) is 7.17. The zero-order valence-corrected chi connectivity index (χ0v) is 36.2. The van der Waals surface area contributed by atoms with E-state index in [0.717, 1.165) is 23.2 Å². The summed E-state index contributed by atoms with van der Waals surface area (Å²) in [5, 5.41) is 16.8. The number of nitrogens with one attached hydrogen (secondary N) is 4. The van der Waals surface area contributed by atoms with Gasteiger partial charge in [0.2, 0.25) is 0 Å². The van der Waals surface area contributed by atoms with E-state index in [0.29, 0.717) is 0 Å². The van der Waals surface area contributed by atoms with Gasteiger partial charge in [0.05, 0.1) is 36.9 Å². The fourth-order valence-corrected chi connectivity index (χ4v) is 3.64. The number of H-pyrrole nitrogens is 4. The van der Waals surface area contributed by atoms with E-state index < -0.39 is 0 Å². The molecule has 0 saturated heterocycles. The van der Waals surface area contributed by atoms with Crippen molar-refractivity contribution in [2.75, 3.05) is 0 Å². The van der Waals surface area contributed by atoms with Gasteiger partial charge in [-0.3, -0.25) is 5.10 Å². The summed E-state index contributed by atoms with van der Waals surface area (Å²) in [7, 11) is 0. The van der Waals surface area contributed by atoms with Gasteiger partial charge < -0.3 is 18.8 Å². The molecule has 0 unspecified atom stereocenters. The summed E-state index contributed by atoms with van der Waals surface area (Å²) in [4.78, 5) is 25.9. The Bertz CT molecular complexity index is 1370. The summed E-state index contributed by atoms with van der Waals surface area (Å²) >= 11 is 0. The highest BCUT2D eigenvalue weighted by Gasteiger charge is 2.19. The predicted octanol–water partition coefficient (Wildman–Crippen LogP) is 9.56. The second-order valence-electron chi connectivity index (χ2n) is 18.8. The molecule has 0 aliphatic rings. The molecular weight excluding hydrogens is 681 g/mol. The smallest absolute Gasteiger partial charge is 0.199 e. The second kappa shape index (κ2) is 20.0. The first-order valence-electron chi connectivity index (χ1n) is 18.1. The molecule has 300 valence electrons. The molecule has 6 heterocycles. The second-order valence-corrected chi connectivity index (χ2v) is 18.8. The predicted molar refractivity (Wildman–Crippen MR) is 215 cm³/mol. The summed E-state index contributed by atoms with van der Waals surface area (Å²) in [5.74, 6) is 2.66. The lowest BCUT2D eigenvalue weighted by Gasteiger charge is -2.14. The molecule has 0 aromatic carbocycles. The molecule has 14 heteroatoms. The molecule has 6 aromatic rings. The lowest BCUT2D eigenvalue weighted by molar-refractivity contribution is 0.392. The molecule has 0 bridgehead atoms. The van der Waals surface area contributed by atoms with E-state index >= 15 is 0 Å². The third-order valence-corrected chi connectivity index (χ3v) is 7.17. The number of imidazole rings is 2. The van der Waals surface area contributed by atoms with Gasteiger partial charge in [0, 0.05) is 56.3 Å². The van der Waals surface area contributed by atoms with Crippen LogP contribution < -0.4 is 0 Å². The van der Waals surface area contributed by atoms with Crippen molar-refractivity contribution in [2.45, 2.75) is 157 Å². The van der Waals surface area contributed by atoms with Crippen LogP contribution in [0.1, 0.15) is 159 Å². The highest BCUT2D eigenvalue weighted by Crippen LogP contribution is 2.22. The average Bonchev–Trinajstić information content (AvgIpc) is 3.89. The Kier molecular flexibility index (Phi) is 17.4. The third kappa shape index (κ3) is 18.7. The highest BCUT2D eigenvalue weighted by atomic mass is 16.3. The fraction of sp³-hybridized carbons (Fsp3) is 0.600. The van der Waals surface area contributed by atoms with Gasteiger partial charge in [-0.15, -0.1) is 0 Å². The zero-order chi connectivity index (χ0) is 41.4. The van der Waals surface area contributed by atoms with E-state index in [1.54, 1.807) is 37.5 Å². The number of hydrogen-bond donors (Lipinski definition) is 4. The van der Waals surface area contributed by atoms with Crippen LogP contribution in [0.15, 0.2) is 71.5 Å². The summed E-state index contributed by atoms with van der Waals surface area (Å²) < 4.78 is 10.2. The van der Waals surface area contributed by atoms with E-state index in [1.807, 2.05) is 12.4 Å². The SMILES string of the molecule is CC(C)(C)c1cn[nH]n1.CC(C)(C)c1cnc[nH]1.CC(C)(C)c1cnc[nH]1.CC(C)(C)c1cnco1.CC(C)(C)c1ncco1.CC(C)(C)c1ncn[nH]1. The van der Waals surface area contributed by atoms with Gasteiger partial charge in [0.1, 0.15) is 24.2 Å². The monoisotopic (exact) mass is 749 g/mol.